The third kappa shape index (κ3) is 7.19. The summed E-state index contributed by atoms with van der Waals surface area (Å²) < 4.78 is 0. The number of hydrogen-bond acceptors (Lipinski definition) is 2. The first-order valence-corrected chi connectivity index (χ1v) is 4.16. The van der Waals surface area contributed by atoms with E-state index in [9.17, 15) is 0 Å². The third-order valence-electron chi connectivity index (χ3n) is 1.13. The van der Waals surface area contributed by atoms with E-state index in [0.29, 0.717) is 0 Å². The quantitative estimate of drug-likeness (QED) is 0.627. The number of rotatable bonds is 4. The minimum absolute atomic E-state index is 0.0686. The van der Waals surface area contributed by atoms with Crippen LogP contribution in [-0.2, 0) is 0 Å². The summed E-state index contributed by atoms with van der Waals surface area (Å²) in [5, 5.41) is 6.36. The van der Waals surface area contributed by atoms with Crippen LogP contribution in [-0.4, -0.2) is 12.1 Å². The van der Waals surface area contributed by atoms with Crippen molar-refractivity contribution >= 4 is 0 Å². The number of nitrogens with one attached hydrogen (secondary N) is 2. The molecule has 12 heavy (non-hydrogen) atoms. The summed E-state index contributed by atoms with van der Waals surface area (Å²) in [5.41, 5.74) is 1.17. The Labute approximate surface area is 75.7 Å². The van der Waals surface area contributed by atoms with Crippen LogP contribution in [0.15, 0.2) is 24.6 Å². The molecule has 0 rings (SSSR count). The molecule has 0 aromatic heterocycles. The Hall–Kier alpha value is -0.920. The minimum atomic E-state index is 0.0686. The van der Waals surface area contributed by atoms with Crippen LogP contribution in [0.1, 0.15) is 27.7 Å². The van der Waals surface area contributed by atoms with Crippen LogP contribution in [0.5, 0.6) is 0 Å². The molecule has 0 aliphatic rings. The monoisotopic (exact) mass is 168 g/mol. The Bertz CT molecular complexity index is 175. The standard InChI is InChI=1S/C10H20N2/c1-8(2)7-11-9(3)12-10(4,5)6/h11-12H,1,3,7H2,2,4-6H3. The zero-order valence-corrected chi connectivity index (χ0v) is 8.62. The van der Waals surface area contributed by atoms with E-state index in [1.807, 2.05) is 6.92 Å². The summed E-state index contributed by atoms with van der Waals surface area (Å²) in [6, 6.07) is 0. The molecule has 0 aliphatic carbocycles. The van der Waals surface area contributed by atoms with Crippen LogP contribution < -0.4 is 10.6 Å². The van der Waals surface area contributed by atoms with Gasteiger partial charge in [-0.2, -0.15) is 0 Å². The van der Waals surface area contributed by atoms with Crippen molar-refractivity contribution in [2.45, 2.75) is 33.2 Å². The SMILES string of the molecule is C=C(C)CNC(=C)NC(C)(C)C. The topological polar surface area (TPSA) is 24.1 Å². The molecule has 0 fully saturated rings. The van der Waals surface area contributed by atoms with E-state index < -0.39 is 0 Å². The predicted octanol–water partition coefficient (Wildman–Crippen LogP) is 2.01. The molecule has 70 valence electrons. The first kappa shape index (κ1) is 11.1. The second-order valence-electron chi connectivity index (χ2n) is 4.16. The van der Waals surface area contributed by atoms with Crippen molar-refractivity contribution in [1.82, 2.24) is 10.6 Å². The molecule has 0 saturated heterocycles. The lowest BCUT2D eigenvalue weighted by Gasteiger charge is -2.24. The highest BCUT2D eigenvalue weighted by atomic mass is 15.1. The van der Waals surface area contributed by atoms with Crippen LogP contribution in [0.3, 0.4) is 0 Å². The van der Waals surface area contributed by atoms with Crippen LogP contribution in [0.25, 0.3) is 0 Å². The van der Waals surface area contributed by atoms with Crippen LogP contribution >= 0.6 is 0 Å². The van der Waals surface area contributed by atoms with Gasteiger partial charge in [0.2, 0.25) is 0 Å². The highest BCUT2D eigenvalue weighted by Gasteiger charge is 2.08. The van der Waals surface area contributed by atoms with Crippen molar-refractivity contribution in [2.75, 3.05) is 6.54 Å². The Morgan fingerprint density at radius 1 is 1.25 bits per heavy atom. The minimum Gasteiger partial charge on any atom is -0.369 e. The summed E-state index contributed by atoms with van der Waals surface area (Å²) in [6.45, 7) is 16.7. The van der Waals surface area contributed by atoms with Crippen molar-refractivity contribution in [3.05, 3.63) is 24.6 Å². The first-order chi connectivity index (χ1) is 5.31. The largest absolute Gasteiger partial charge is 0.369 e. The van der Waals surface area contributed by atoms with Gasteiger partial charge in [-0.3, -0.25) is 0 Å². The molecule has 0 spiro atoms. The average Bonchev–Trinajstić information content (AvgIpc) is 1.79. The maximum atomic E-state index is 3.85. The molecule has 2 N–H and O–H groups in total. The Morgan fingerprint density at radius 3 is 2.08 bits per heavy atom. The Kier molecular flexibility index (Phi) is 3.87. The van der Waals surface area contributed by atoms with Gasteiger partial charge in [-0.1, -0.05) is 18.7 Å². The lowest BCUT2D eigenvalue weighted by atomic mass is 10.1. The molecule has 0 aromatic carbocycles. The van der Waals surface area contributed by atoms with Gasteiger partial charge in [-0.15, -0.1) is 0 Å². The molecule has 0 atom stereocenters. The maximum absolute atomic E-state index is 3.85. The van der Waals surface area contributed by atoms with Crippen LogP contribution in [0.4, 0.5) is 0 Å². The van der Waals surface area contributed by atoms with Gasteiger partial charge in [0, 0.05) is 12.1 Å². The summed E-state index contributed by atoms with van der Waals surface area (Å²) in [7, 11) is 0. The van der Waals surface area contributed by atoms with Gasteiger partial charge < -0.3 is 10.6 Å². The molecule has 0 radical (unpaired) electrons. The van der Waals surface area contributed by atoms with Crippen LogP contribution in [0.2, 0.25) is 0 Å². The fraction of sp³-hybridized carbons (Fsp3) is 0.600. The van der Waals surface area contributed by atoms with Crippen molar-refractivity contribution in [2.24, 2.45) is 0 Å². The smallest absolute Gasteiger partial charge is 0.0918 e. The van der Waals surface area contributed by atoms with Gasteiger partial charge in [0.25, 0.3) is 0 Å². The summed E-state index contributed by atoms with van der Waals surface area (Å²) in [5.74, 6) is 0.852. The van der Waals surface area contributed by atoms with E-state index in [4.69, 9.17) is 0 Å². The second-order valence-corrected chi connectivity index (χ2v) is 4.16. The van der Waals surface area contributed by atoms with E-state index in [1.54, 1.807) is 0 Å². The van der Waals surface area contributed by atoms with Gasteiger partial charge in [0.1, 0.15) is 0 Å². The molecule has 0 aromatic rings. The molecule has 2 heteroatoms. The molecule has 0 aliphatic heterocycles. The van der Waals surface area contributed by atoms with Crippen molar-refractivity contribution in [1.29, 1.82) is 0 Å². The Balaban J connectivity index is 3.68. The van der Waals surface area contributed by atoms with Crippen molar-refractivity contribution < 1.29 is 0 Å². The molecule has 0 saturated carbocycles. The summed E-state index contributed by atoms with van der Waals surface area (Å²) >= 11 is 0. The number of hydrogen-bond donors (Lipinski definition) is 2. The van der Waals surface area contributed by atoms with Gasteiger partial charge in [-0.05, 0) is 27.7 Å². The Morgan fingerprint density at radius 2 is 1.75 bits per heavy atom. The van der Waals surface area contributed by atoms with Crippen molar-refractivity contribution in [3.8, 4) is 0 Å². The lowest BCUT2D eigenvalue weighted by molar-refractivity contribution is 0.456. The first-order valence-electron chi connectivity index (χ1n) is 4.16. The average molecular weight is 168 g/mol. The summed E-state index contributed by atoms with van der Waals surface area (Å²) in [4.78, 5) is 0. The van der Waals surface area contributed by atoms with Gasteiger partial charge in [0.05, 0.1) is 5.82 Å². The van der Waals surface area contributed by atoms with Gasteiger partial charge in [-0.25, -0.2) is 0 Å². The van der Waals surface area contributed by atoms with E-state index in [0.717, 1.165) is 17.9 Å². The van der Waals surface area contributed by atoms with Crippen molar-refractivity contribution in [3.63, 3.8) is 0 Å². The highest BCUT2D eigenvalue weighted by Crippen LogP contribution is 2.00. The normalized spacial score (nSPS) is 10.7. The molecular formula is C10H20N2. The lowest BCUT2D eigenvalue weighted by Crippen LogP contribution is -2.39. The van der Waals surface area contributed by atoms with E-state index in [2.05, 4.69) is 44.6 Å². The molecule has 2 nitrogen and oxygen atoms in total. The third-order valence-corrected chi connectivity index (χ3v) is 1.13. The van der Waals surface area contributed by atoms with E-state index in [1.165, 1.54) is 0 Å². The predicted molar refractivity (Wildman–Crippen MR) is 54.8 cm³/mol. The molecule has 0 unspecified atom stereocenters. The van der Waals surface area contributed by atoms with Crippen LogP contribution in [0, 0.1) is 0 Å². The molecular weight excluding hydrogens is 148 g/mol. The molecule has 0 heterocycles. The fourth-order valence-corrected chi connectivity index (χ4v) is 0.754. The van der Waals surface area contributed by atoms with E-state index in [-0.39, 0.29) is 5.54 Å². The highest BCUT2D eigenvalue weighted by molar-refractivity contribution is 4.99. The molecule has 0 bridgehead atoms. The zero-order valence-electron chi connectivity index (χ0n) is 8.62. The second kappa shape index (κ2) is 4.19. The fourth-order valence-electron chi connectivity index (χ4n) is 0.754. The van der Waals surface area contributed by atoms with Gasteiger partial charge >= 0.3 is 0 Å². The zero-order chi connectivity index (χ0) is 9.78. The van der Waals surface area contributed by atoms with E-state index >= 15 is 0 Å². The maximum Gasteiger partial charge on any atom is 0.0918 e. The summed E-state index contributed by atoms with van der Waals surface area (Å²) in [6.07, 6.45) is 0. The molecule has 0 amide bonds. The van der Waals surface area contributed by atoms with Gasteiger partial charge in [0.15, 0.2) is 0 Å².